The first kappa shape index (κ1) is 14.8. The maximum atomic E-state index is 9.31. The number of hydrogen-bond donors (Lipinski definition) is 1. The van der Waals surface area contributed by atoms with Gasteiger partial charge in [-0.25, -0.2) is 0 Å². The fourth-order valence-corrected chi connectivity index (χ4v) is 3.32. The van der Waals surface area contributed by atoms with E-state index in [1.807, 2.05) is 0 Å². The molecule has 3 unspecified atom stereocenters. The molecule has 2 aliphatic rings. The van der Waals surface area contributed by atoms with Crippen LogP contribution >= 0.6 is 0 Å². The van der Waals surface area contributed by atoms with E-state index in [1.54, 1.807) is 0 Å². The number of likely N-dealkylation sites (N-methyl/N-ethyl adjacent to an activating group) is 2. The highest BCUT2D eigenvalue weighted by molar-refractivity contribution is 4.94. The first-order chi connectivity index (χ1) is 9.20. The highest BCUT2D eigenvalue weighted by Gasteiger charge is 2.26. The first-order valence-electron chi connectivity index (χ1n) is 7.72. The zero-order chi connectivity index (χ0) is 13.7. The first-order valence-corrected chi connectivity index (χ1v) is 7.72. The summed E-state index contributed by atoms with van der Waals surface area (Å²) in [6.07, 6.45) is 6.04. The number of nitrogens with one attached hydrogen (secondary N) is 1. The number of rotatable bonds is 3. The lowest BCUT2D eigenvalue weighted by Gasteiger charge is -2.38. The molecule has 1 aliphatic heterocycles. The number of piperazine rings is 1. The molecule has 3 atom stereocenters. The van der Waals surface area contributed by atoms with E-state index in [0.717, 1.165) is 32.6 Å². The van der Waals surface area contributed by atoms with Crippen LogP contribution in [-0.4, -0.2) is 62.2 Å². The second-order valence-electron chi connectivity index (χ2n) is 6.29. The van der Waals surface area contributed by atoms with Gasteiger partial charge in [-0.05, 0) is 26.9 Å². The van der Waals surface area contributed by atoms with Crippen molar-refractivity contribution in [2.24, 2.45) is 5.92 Å². The van der Waals surface area contributed by atoms with Gasteiger partial charge in [0.2, 0.25) is 0 Å². The smallest absolute Gasteiger partial charge is 0.0672 e. The summed E-state index contributed by atoms with van der Waals surface area (Å²) in [6, 6.07) is 3.51. The van der Waals surface area contributed by atoms with Crippen LogP contribution in [-0.2, 0) is 0 Å². The normalized spacial score (nSPS) is 34.7. The van der Waals surface area contributed by atoms with E-state index in [-0.39, 0.29) is 5.92 Å². The molecule has 1 heterocycles. The van der Waals surface area contributed by atoms with Crippen molar-refractivity contribution in [2.75, 3.05) is 40.3 Å². The quantitative estimate of drug-likeness (QED) is 0.780. The lowest BCUT2D eigenvalue weighted by atomic mass is 9.96. The van der Waals surface area contributed by atoms with Crippen molar-refractivity contribution in [1.29, 1.82) is 5.26 Å². The summed E-state index contributed by atoms with van der Waals surface area (Å²) in [5.41, 5.74) is 0. The second-order valence-corrected chi connectivity index (χ2v) is 6.29. The lowest BCUT2D eigenvalue weighted by Crippen LogP contribution is -2.55. The van der Waals surface area contributed by atoms with Gasteiger partial charge in [-0.1, -0.05) is 19.3 Å². The van der Waals surface area contributed by atoms with Crippen molar-refractivity contribution in [3.63, 3.8) is 0 Å². The molecule has 0 aromatic rings. The minimum absolute atomic E-state index is 0.217. The van der Waals surface area contributed by atoms with Crippen LogP contribution < -0.4 is 5.32 Å². The van der Waals surface area contributed by atoms with E-state index in [0.29, 0.717) is 12.1 Å². The molecule has 1 aliphatic carbocycles. The van der Waals surface area contributed by atoms with Crippen molar-refractivity contribution in [3.8, 4) is 6.07 Å². The highest BCUT2D eigenvalue weighted by atomic mass is 15.3. The Kier molecular flexibility index (Phi) is 5.62. The molecule has 0 radical (unpaired) electrons. The molecular weight excluding hydrogens is 236 g/mol. The molecular formula is C15H28N4. The van der Waals surface area contributed by atoms with Crippen molar-refractivity contribution in [2.45, 2.75) is 44.2 Å². The largest absolute Gasteiger partial charge is 0.311 e. The molecule has 2 fully saturated rings. The third-order valence-corrected chi connectivity index (χ3v) is 4.78. The van der Waals surface area contributed by atoms with Gasteiger partial charge >= 0.3 is 0 Å². The Morgan fingerprint density at radius 1 is 1.16 bits per heavy atom. The molecule has 0 amide bonds. The molecule has 4 heteroatoms. The summed E-state index contributed by atoms with van der Waals surface area (Å²) in [7, 11) is 4.41. The minimum atomic E-state index is 0.217. The molecule has 108 valence electrons. The Bertz CT molecular complexity index is 312. The van der Waals surface area contributed by atoms with Crippen LogP contribution in [0, 0.1) is 17.2 Å². The summed E-state index contributed by atoms with van der Waals surface area (Å²) in [5.74, 6) is 0.217. The minimum Gasteiger partial charge on any atom is -0.311 e. The van der Waals surface area contributed by atoms with E-state index in [4.69, 9.17) is 0 Å². The molecule has 2 rings (SSSR count). The lowest BCUT2D eigenvalue weighted by molar-refractivity contribution is 0.110. The monoisotopic (exact) mass is 264 g/mol. The van der Waals surface area contributed by atoms with Crippen LogP contribution in [0.2, 0.25) is 0 Å². The van der Waals surface area contributed by atoms with E-state index in [2.05, 4.69) is 35.3 Å². The maximum Gasteiger partial charge on any atom is 0.0672 e. The summed E-state index contributed by atoms with van der Waals surface area (Å²) in [6.45, 7) is 4.46. The molecule has 0 spiro atoms. The van der Waals surface area contributed by atoms with Crippen LogP contribution in [0.5, 0.6) is 0 Å². The van der Waals surface area contributed by atoms with Gasteiger partial charge in [0.05, 0.1) is 12.0 Å². The number of hydrogen-bond acceptors (Lipinski definition) is 4. The Labute approximate surface area is 117 Å². The van der Waals surface area contributed by atoms with Crippen molar-refractivity contribution in [1.82, 2.24) is 15.1 Å². The molecule has 1 N–H and O–H groups in total. The fourth-order valence-electron chi connectivity index (χ4n) is 3.32. The molecule has 0 aromatic carbocycles. The number of nitrogens with zero attached hydrogens (tertiary/aromatic N) is 3. The Balaban J connectivity index is 1.84. The highest BCUT2D eigenvalue weighted by Crippen LogP contribution is 2.23. The average molecular weight is 264 g/mol. The van der Waals surface area contributed by atoms with Crippen molar-refractivity contribution < 1.29 is 0 Å². The zero-order valence-corrected chi connectivity index (χ0v) is 12.4. The van der Waals surface area contributed by atoms with Crippen molar-refractivity contribution >= 4 is 0 Å². The van der Waals surface area contributed by atoms with E-state index in [9.17, 15) is 5.26 Å². The van der Waals surface area contributed by atoms with Crippen LogP contribution in [0.15, 0.2) is 0 Å². The molecule has 19 heavy (non-hydrogen) atoms. The summed E-state index contributed by atoms with van der Waals surface area (Å²) in [5, 5.41) is 13.0. The molecule has 1 saturated carbocycles. The van der Waals surface area contributed by atoms with Crippen LogP contribution in [0.25, 0.3) is 0 Å². The Hall–Kier alpha value is -0.630. The van der Waals surface area contributed by atoms with Crippen LogP contribution in [0.3, 0.4) is 0 Å². The summed E-state index contributed by atoms with van der Waals surface area (Å²) < 4.78 is 0. The van der Waals surface area contributed by atoms with Crippen LogP contribution in [0.4, 0.5) is 0 Å². The fraction of sp³-hybridized carbons (Fsp3) is 0.933. The second kappa shape index (κ2) is 7.23. The van der Waals surface area contributed by atoms with Gasteiger partial charge in [0.25, 0.3) is 0 Å². The zero-order valence-electron chi connectivity index (χ0n) is 12.4. The third kappa shape index (κ3) is 4.17. The molecule has 0 aromatic heterocycles. The van der Waals surface area contributed by atoms with Crippen molar-refractivity contribution in [3.05, 3.63) is 0 Å². The van der Waals surface area contributed by atoms with Crippen LogP contribution in [0.1, 0.15) is 32.1 Å². The van der Waals surface area contributed by atoms with E-state index < -0.39 is 0 Å². The summed E-state index contributed by atoms with van der Waals surface area (Å²) >= 11 is 0. The third-order valence-electron chi connectivity index (χ3n) is 4.78. The van der Waals surface area contributed by atoms with E-state index in [1.165, 1.54) is 25.7 Å². The Morgan fingerprint density at radius 2 is 1.95 bits per heavy atom. The van der Waals surface area contributed by atoms with Gasteiger partial charge in [0, 0.05) is 38.3 Å². The average Bonchev–Trinajstić information content (AvgIpc) is 2.64. The van der Waals surface area contributed by atoms with Gasteiger partial charge < -0.3 is 10.2 Å². The molecule has 0 bridgehead atoms. The molecule has 4 nitrogen and oxygen atoms in total. The molecule has 1 saturated heterocycles. The van der Waals surface area contributed by atoms with Gasteiger partial charge in [-0.15, -0.1) is 0 Å². The Morgan fingerprint density at radius 3 is 2.74 bits per heavy atom. The van der Waals surface area contributed by atoms with Gasteiger partial charge in [0.15, 0.2) is 0 Å². The van der Waals surface area contributed by atoms with Gasteiger partial charge in [0.1, 0.15) is 0 Å². The standard InChI is InChI=1S/C15H28N4/c1-18-8-9-19(2)14(12-18)11-17-15-7-5-3-4-6-13(15)10-16/h13-15,17H,3-9,11-12H2,1-2H3. The van der Waals surface area contributed by atoms with Gasteiger partial charge in [-0.2, -0.15) is 5.26 Å². The van der Waals surface area contributed by atoms with Gasteiger partial charge in [-0.3, -0.25) is 4.90 Å². The predicted octanol–water partition coefficient (Wildman–Crippen LogP) is 1.29. The number of nitriles is 1. The summed E-state index contributed by atoms with van der Waals surface area (Å²) in [4.78, 5) is 4.85. The maximum absolute atomic E-state index is 9.31. The predicted molar refractivity (Wildman–Crippen MR) is 77.9 cm³/mol. The topological polar surface area (TPSA) is 42.3 Å². The van der Waals surface area contributed by atoms with E-state index >= 15 is 0 Å². The SMILES string of the molecule is CN1CCN(C)C(CNC2CCCCCC2C#N)C1.